The number of fused-ring (bicyclic) bond motifs is 1. The van der Waals surface area contributed by atoms with Crippen LogP contribution >= 0.6 is 46.3 Å². The van der Waals surface area contributed by atoms with Gasteiger partial charge in [-0.05, 0) is 47.5 Å². The average Bonchev–Trinajstić information content (AvgIpc) is 3.26. The van der Waals surface area contributed by atoms with E-state index in [2.05, 4.69) is 15.5 Å². The molecule has 0 fully saturated rings. The quantitative estimate of drug-likeness (QED) is 0.153. The minimum Gasteiger partial charge on any atom is -0.493 e. The van der Waals surface area contributed by atoms with Gasteiger partial charge in [0.25, 0.3) is 5.91 Å². The van der Waals surface area contributed by atoms with Crippen LogP contribution in [-0.2, 0) is 11.4 Å². The van der Waals surface area contributed by atoms with Gasteiger partial charge in [-0.2, -0.15) is 5.10 Å². The van der Waals surface area contributed by atoms with Crippen LogP contribution < -0.4 is 14.9 Å². The van der Waals surface area contributed by atoms with Crippen molar-refractivity contribution in [3.8, 4) is 11.5 Å². The number of hydrogen-bond acceptors (Lipinski definition) is 7. The monoisotopic (exact) mass is 531 g/mol. The Balaban J connectivity index is 1.33. The molecule has 0 spiro atoms. The van der Waals surface area contributed by atoms with Crippen molar-refractivity contribution >= 4 is 68.6 Å². The van der Waals surface area contributed by atoms with E-state index in [1.165, 1.54) is 25.1 Å². The van der Waals surface area contributed by atoms with Crippen LogP contribution in [0.2, 0.25) is 10.0 Å². The summed E-state index contributed by atoms with van der Waals surface area (Å²) < 4.78 is 13.2. The number of nitrogens with one attached hydrogen (secondary N) is 1. The molecule has 4 rings (SSSR count). The molecule has 4 aromatic rings. The van der Waals surface area contributed by atoms with Gasteiger partial charge in [0.2, 0.25) is 0 Å². The fourth-order valence-corrected chi connectivity index (χ4v) is 5.20. The predicted molar refractivity (Wildman–Crippen MR) is 140 cm³/mol. The average molecular weight is 532 g/mol. The third-order valence-electron chi connectivity index (χ3n) is 4.55. The molecule has 0 saturated carbocycles. The first kappa shape index (κ1) is 24.3. The molecular formula is C24H19Cl2N3O3S2. The fourth-order valence-electron chi connectivity index (χ4n) is 2.94. The number of ether oxygens (including phenoxy) is 2. The first-order chi connectivity index (χ1) is 16.5. The van der Waals surface area contributed by atoms with Gasteiger partial charge in [-0.3, -0.25) is 4.79 Å². The van der Waals surface area contributed by atoms with Crippen LogP contribution in [0.4, 0.5) is 0 Å². The Morgan fingerprint density at radius 2 is 1.97 bits per heavy atom. The van der Waals surface area contributed by atoms with E-state index in [0.29, 0.717) is 33.7 Å². The summed E-state index contributed by atoms with van der Waals surface area (Å²) in [5, 5.41) is 5.05. The number of halogens is 2. The number of rotatable bonds is 9. The Bertz CT molecular complexity index is 1290. The van der Waals surface area contributed by atoms with Crippen molar-refractivity contribution in [1.82, 2.24) is 10.4 Å². The number of benzene rings is 3. The molecule has 10 heteroatoms. The minimum absolute atomic E-state index is 0.207. The molecule has 0 atom stereocenters. The number of methoxy groups -OCH3 is 1. The lowest BCUT2D eigenvalue weighted by Gasteiger charge is -2.13. The molecule has 174 valence electrons. The zero-order chi connectivity index (χ0) is 23.9. The van der Waals surface area contributed by atoms with E-state index >= 15 is 0 Å². The first-order valence-corrected chi connectivity index (χ1v) is 12.6. The summed E-state index contributed by atoms with van der Waals surface area (Å²) in [4.78, 5) is 16.7. The normalized spacial score (nSPS) is 11.1. The lowest BCUT2D eigenvalue weighted by atomic mass is 10.2. The van der Waals surface area contributed by atoms with Gasteiger partial charge in [-0.15, -0.1) is 11.3 Å². The number of para-hydroxylation sites is 1. The highest BCUT2D eigenvalue weighted by molar-refractivity contribution is 8.01. The standard InChI is InChI=1S/C24H19Cl2N3O3S2/c1-31-20-11-16(10-18(26)23(20)32-13-15-6-8-17(25)9-7-15)12-27-29-22(30)14-33-24-28-19-4-2-3-5-21(19)34-24/h2-12H,13-14H2,1H3,(H,29,30)/b27-12-. The maximum atomic E-state index is 12.2. The van der Waals surface area contributed by atoms with E-state index in [0.717, 1.165) is 20.1 Å². The molecular weight excluding hydrogens is 513 g/mol. The van der Waals surface area contributed by atoms with E-state index in [1.54, 1.807) is 35.6 Å². The number of carbonyl (C=O) groups excluding carboxylic acids is 1. The number of thiazole rings is 1. The van der Waals surface area contributed by atoms with Gasteiger partial charge in [-0.25, -0.2) is 10.4 Å². The van der Waals surface area contributed by atoms with E-state index < -0.39 is 0 Å². The summed E-state index contributed by atoms with van der Waals surface area (Å²) in [6.45, 7) is 0.309. The third-order valence-corrected chi connectivity index (χ3v) is 7.26. The zero-order valence-electron chi connectivity index (χ0n) is 18.0. The second-order valence-electron chi connectivity index (χ2n) is 6.98. The highest BCUT2D eigenvalue weighted by Crippen LogP contribution is 2.36. The summed E-state index contributed by atoms with van der Waals surface area (Å²) in [6, 6.07) is 18.6. The van der Waals surface area contributed by atoms with Gasteiger partial charge in [0.05, 0.1) is 34.3 Å². The fraction of sp³-hybridized carbons (Fsp3) is 0.125. The second kappa shape index (κ2) is 11.6. The van der Waals surface area contributed by atoms with Gasteiger partial charge in [0, 0.05) is 5.02 Å². The van der Waals surface area contributed by atoms with Crippen LogP contribution in [0.25, 0.3) is 10.2 Å². The zero-order valence-corrected chi connectivity index (χ0v) is 21.1. The van der Waals surface area contributed by atoms with Crippen molar-refractivity contribution in [2.75, 3.05) is 12.9 Å². The van der Waals surface area contributed by atoms with Crippen LogP contribution in [0.1, 0.15) is 11.1 Å². The summed E-state index contributed by atoms with van der Waals surface area (Å²) in [5.41, 5.74) is 5.05. The van der Waals surface area contributed by atoms with Crippen molar-refractivity contribution in [3.05, 3.63) is 81.8 Å². The van der Waals surface area contributed by atoms with Crippen molar-refractivity contribution < 1.29 is 14.3 Å². The largest absolute Gasteiger partial charge is 0.493 e. The van der Waals surface area contributed by atoms with Crippen LogP contribution in [0.3, 0.4) is 0 Å². The van der Waals surface area contributed by atoms with Crippen molar-refractivity contribution in [2.45, 2.75) is 10.9 Å². The molecule has 0 bridgehead atoms. The maximum absolute atomic E-state index is 12.2. The smallest absolute Gasteiger partial charge is 0.250 e. The molecule has 0 unspecified atom stereocenters. The number of hydrazone groups is 1. The Morgan fingerprint density at radius 1 is 1.18 bits per heavy atom. The molecule has 0 radical (unpaired) electrons. The SMILES string of the molecule is COc1cc(/C=N\NC(=O)CSc2nc3ccccc3s2)cc(Cl)c1OCc1ccc(Cl)cc1. The van der Waals surface area contributed by atoms with E-state index in [1.807, 2.05) is 36.4 Å². The van der Waals surface area contributed by atoms with E-state index in [9.17, 15) is 4.79 Å². The van der Waals surface area contributed by atoms with Gasteiger partial charge in [-0.1, -0.05) is 59.2 Å². The number of nitrogens with zero attached hydrogens (tertiary/aromatic N) is 2. The molecule has 1 amide bonds. The number of amides is 1. The van der Waals surface area contributed by atoms with E-state index in [-0.39, 0.29) is 11.7 Å². The number of aromatic nitrogens is 1. The molecule has 0 aliphatic carbocycles. The lowest BCUT2D eigenvalue weighted by molar-refractivity contribution is -0.118. The van der Waals surface area contributed by atoms with Crippen LogP contribution in [0.15, 0.2) is 70.1 Å². The highest BCUT2D eigenvalue weighted by atomic mass is 35.5. The molecule has 1 aromatic heterocycles. The highest BCUT2D eigenvalue weighted by Gasteiger charge is 2.12. The van der Waals surface area contributed by atoms with Crippen LogP contribution in [-0.4, -0.2) is 30.0 Å². The van der Waals surface area contributed by atoms with Gasteiger partial charge >= 0.3 is 0 Å². The molecule has 0 aliphatic heterocycles. The van der Waals surface area contributed by atoms with Crippen molar-refractivity contribution in [3.63, 3.8) is 0 Å². The molecule has 1 heterocycles. The molecule has 0 saturated heterocycles. The Labute approximate surface area is 214 Å². The second-order valence-corrected chi connectivity index (χ2v) is 10.1. The van der Waals surface area contributed by atoms with Crippen LogP contribution in [0, 0.1) is 0 Å². The summed E-state index contributed by atoms with van der Waals surface area (Å²) >= 11 is 15.3. The third kappa shape index (κ3) is 6.42. The Kier molecular flexibility index (Phi) is 8.29. The predicted octanol–water partition coefficient (Wildman–Crippen LogP) is 6.43. The number of carbonyl (C=O) groups is 1. The van der Waals surface area contributed by atoms with Gasteiger partial charge in [0.15, 0.2) is 15.8 Å². The van der Waals surface area contributed by atoms with Crippen molar-refractivity contribution in [1.29, 1.82) is 0 Å². The van der Waals surface area contributed by atoms with Crippen LogP contribution in [0.5, 0.6) is 11.5 Å². The Morgan fingerprint density at radius 3 is 2.74 bits per heavy atom. The number of hydrogen-bond donors (Lipinski definition) is 1. The maximum Gasteiger partial charge on any atom is 0.250 e. The molecule has 34 heavy (non-hydrogen) atoms. The molecule has 6 nitrogen and oxygen atoms in total. The summed E-state index contributed by atoms with van der Waals surface area (Å²) in [7, 11) is 1.53. The van der Waals surface area contributed by atoms with Crippen molar-refractivity contribution in [2.24, 2.45) is 5.10 Å². The Hall–Kier alpha value is -2.78. The molecule has 1 N–H and O–H groups in total. The number of thioether (sulfide) groups is 1. The minimum atomic E-state index is -0.235. The van der Waals surface area contributed by atoms with Gasteiger partial charge in [0.1, 0.15) is 6.61 Å². The topological polar surface area (TPSA) is 72.8 Å². The first-order valence-electron chi connectivity index (χ1n) is 10.1. The summed E-state index contributed by atoms with van der Waals surface area (Å²) in [6.07, 6.45) is 1.50. The lowest BCUT2D eigenvalue weighted by Crippen LogP contribution is -2.19. The van der Waals surface area contributed by atoms with E-state index in [4.69, 9.17) is 32.7 Å². The summed E-state index contributed by atoms with van der Waals surface area (Å²) in [5.74, 6) is 0.855. The molecule has 0 aliphatic rings. The van der Waals surface area contributed by atoms with Gasteiger partial charge < -0.3 is 9.47 Å². The molecule has 3 aromatic carbocycles.